The summed E-state index contributed by atoms with van der Waals surface area (Å²) in [5.74, 6) is 1.87. The molecule has 1 saturated heterocycles. The summed E-state index contributed by atoms with van der Waals surface area (Å²) in [6.07, 6.45) is 2.33. The number of benzene rings is 1. The summed E-state index contributed by atoms with van der Waals surface area (Å²) in [6, 6.07) is 5.86. The Kier molecular flexibility index (Phi) is 3.87. The predicted molar refractivity (Wildman–Crippen MR) is 102 cm³/mol. The highest BCUT2D eigenvalue weighted by Gasteiger charge is 2.71. The molecule has 4 atom stereocenters. The average Bonchev–Trinajstić information content (AvgIpc) is 3.32. The van der Waals surface area contributed by atoms with Gasteiger partial charge in [0.25, 0.3) is 0 Å². The number of ketones is 1. The molecule has 2 saturated carbocycles. The van der Waals surface area contributed by atoms with Crippen molar-refractivity contribution in [3.8, 4) is 5.75 Å². The van der Waals surface area contributed by atoms with Crippen LogP contribution in [-0.2, 0) is 4.79 Å². The molecular weight excluding hydrogens is 340 g/mol. The SMILES string of the molecule is CCN1CCN(C(=O)[C@@H]2[C@@H]3CC[C@]4(CC(=O)c5cc(C)ccc5O4)[C@@H]32)CC1. The van der Waals surface area contributed by atoms with E-state index in [1.54, 1.807) is 0 Å². The highest BCUT2D eigenvalue weighted by molar-refractivity contribution is 6.01. The lowest BCUT2D eigenvalue weighted by molar-refractivity contribution is -0.136. The predicted octanol–water partition coefficient (Wildman–Crippen LogP) is 2.52. The van der Waals surface area contributed by atoms with Crippen LogP contribution in [0.5, 0.6) is 5.75 Å². The Morgan fingerprint density at radius 2 is 2.04 bits per heavy atom. The Labute approximate surface area is 160 Å². The minimum atomic E-state index is -0.449. The monoisotopic (exact) mass is 368 g/mol. The Hall–Kier alpha value is -1.88. The molecule has 5 heteroatoms. The third-order valence-corrected chi connectivity index (χ3v) is 7.30. The second-order valence-electron chi connectivity index (χ2n) is 8.78. The molecule has 2 aliphatic carbocycles. The number of ether oxygens (including phenoxy) is 1. The van der Waals surface area contributed by atoms with Gasteiger partial charge in [-0.1, -0.05) is 18.6 Å². The maximum atomic E-state index is 13.1. The number of likely N-dealkylation sites (N-methyl/N-ethyl adjacent to an activating group) is 1. The van der Waals surface area contributed by atoms with Crippen molar-refractivity contribution in [1.82, 2.24) is 9.80 Å². The Morgan fingerprint density at radius 3 is 2.78 bits per heavy atom. The number of piperazine rings is 1. The van der Waals surface area contributed by atoms with Crippen molar-refractivity contribution in [2.45, 2.75) is 38.7 Å². The fraction of sp³-hybridized carbons (Fsp3) is 0.636. The average molecular weight is 368 g/mol. The van der Waals surface area contributed by atoms with Crippen LogP contribution in [0.15, 0.2) is 18.2 Å². The number of amides is 1. The summed E-state index contributed by atoms with van der Waals surface area (Å²) >= 11 is 0. The minimum Gasteiger partial charge on any atom is -0.486 e. The number of carbonyl (C=O) groups is 2. The van der Waals surface area contributed by atoms with Crippen molar-refractivity contribution in [2.24, 2.45) is 17.8 Å². The summed E-state index contributed by atoms with van der Waals surface area (Å²) in [6.45, 7) is 8.82. The largest absolute Gasteiger partial charge is 0.486 e. The number of aryl methyl sites for hydroxylation is 1. The molecule has 0 N–H and O–H groups in total. The van der Waals surface area contributed by atoms with Gasteiger partial charge < -0.3 is 14.5 Å². The second kappa shape index (κ2) is 6.06. The summed E-state index contributed by atoms with van der Waals surface area (Å²) in [5.41, 5.74) is 1.34. The molecule has 1 spiro atoms. The normalized spacial score (nSPS) is 35.0. The zero-order valence-corrected chi connectivity index (χ0v) is 16.2. The van der Waals surface area contributed by atoms with E-state index in [1.807, 2.05) is 30.0 Å². The van der Waals surface area contributed by atoms with Gasteiger partial charge in [0.15, 0.2) is 5.78 Å². The van der Waals surface area contributed by atoms with E-state index >= 15 is 0 Å². The molecular formula is C22H28N2O3. The van der Waals surface area contributed by atoms with Gasteiger partial charge in [-0.25, -0.2) is 0 Å². The van der Waals surface area contributed by atoms with E-state index in [0.29, 0.717) is 29.6 Å². The van der Waals surface area contributed by atoms with Crippen molar-refractivity contribution in [2.75, 3.05) is 32.7 Å². The summed E-state index contributed by atoms with van der Waals surface area (Å²) < 4.78 is 6.46. The number of Topliss-reactive ketones (excluding diaryl/α,β-unsaturated/α-hetero) is 1. The lowest BCUT2D eigenvalue weighted by atomic mass is 9.84. The number of hydrogen-bond donors (Lipinski definition) is 0. The number of fused-ring (bicyclic) bond motifs is 3. The first kappa shape index (κ1) is 17.2. The van der Waals surface area contributed by atoms with Crippen LogP contribution in [0.3, 0.4) is 0 Å². The molecule has 0 radical (unpaired) electrons. The van der Waals surface area contributed by atoms with E-state index in [-0.39, 0.29) is 17.6 Å². The standard InChI is InChI=1S/C22H28N2O3/c1-3-23-8-10-24(11-9-23)21(26)19-15-6-7-22(20(15)19)13-17(25)16-12-14(2)4-5-18(16)27-22/h4-5,12,15,19-20H,3,6-11,13H2,1-2H3/t15-,19+,20-,22-/m0/s1. The number of nitrogens with zero attached hydrogens (tertiary/aromatic N) is 2. The molecule has 1 aromatic carbocycles. The molecule has 0 bridgehead atoms. The second-order valence-corrected chi connectivity index (χ2v) is 8.78. The molecule has 5 nitrogen and oxygen atoms in total. The fourth-order valence-corrected chi connectivity index (χ4v) is 5.76. The van der Waals surface area contributed by atoms with Crippen LogP contribution in [-0.4, -0.2) is 59.8 Å². The number of hydrogen-bond acceptors (Lipinski definition) is 4. The van der Waals surface area contributed by atoms with Gasteiger partial charge in [0.1, 0.15) is 11.4 Å². The first-order chi connectivity index (χ1) is 13.0. The van der Waals surface area contributed by atoms with E-state index in [9.17, 15) is 9.59 Å². The van der Waals surface area contributed by atoms with Crippen molar-refractivity contribution in [1.29, 1.82) is 0 Å². The zero-order valence-electron chi connectivity index (χ0n) is 16.2. The molecule has 27 heavy (non-hydrogen) atoms. The maximum absolute atomic E-state index is 13.1. The minimum absolute atomic E-state index is 0.0618. The van der Waals surface area contributed by atoms with Crippen LogP contribution in [0.4, 0.5) is 0 Å². The van der Waals surface area contributed by atoms with Crippen LogP contribution in [0.1, 0.15) is 42.1 Å². The molecule has 3 fully saturated rings. The zero-order chi connectivity index (χ0) is 18.8. The van der Waals surface area contributed by atoms with Crippen molar-refractivity contribution in [3.63, 3.8) is 0 Å². The van der Waals surface area contributed by atoms with Gasteiger partial charge in [-0.2, -0.15) is 0 Å². The summed E-state index contributed by atoms with van der Waals surface area (Å²) in [4.78, 5) is 30.4. The van der Waals surface area contributed by atoms with Crippen LogP contribution in [0, 0.1) is 24.7 Å². The first-order valence-corrected chi connectivity index (χ1v) is 10.4. The maximum Gasteiger partial charge on any atom is 0.226 e. The third kappa shape index (κ3) is 2.62. The van der Waals surface area contributed by atoms with Gasteiger partial charge >= 0.3 is 0 Å². The summed E-state index contributed by atoms with van der Waals surface area (Å²) in [5, 5.41) is 0. The van der Waals surface area contributed by atoms with Gasteiger partial charge in [-0.15, -0.1) is 0 Å². The van der Waals surface area contributed by atoms with E-state index < -0.39 is 5.60 Å². The van der Waals surface area contributed by atoms with E-state index in [0.717, 1.165) is 51.1 Å². The van der Waals surface area contributed by atoms with Crippen LogP contribution < -0.4 is 4.74 Å². The molecule has 144 valence electrons. The lowest BCUT2D eigenvalue weighted by Gasteiger charge is -2.38. The highest BCUT2D eigenvalue weighted by atomic mass is 16.5. The van der Waals surface area contributed by atoms with E-state index in [1.165, 1.54) is 0 Å². The topological polar surface area (TPSA) is 49.9 Å². The molecule has 1 amide bonds. The molecule has 0 aromatic heterocycles. The Bertz CT molecular complexity index is 799. The van der Waals surface area contributed by atoms with Gasteiger partial charge in [0.2, 0.25) is 5.91 Å². The fourth-order valence-electron chi connectivity index (χ4n) is 5.76. The quantitative estimate of drug-likeness (QED) is 0.805. The molecule has 5 rings (SSSR count). The van der Waals surface area contributed by atoms with E-state index in [4.69, 9.17) is 4.74 Å². The number of carbonyl (C=O) groups excluding carboxylic acids is 2. The molecule has 2 aliphatic heterocycles. The lowest BCUT2D eigenvalue weighted by Crippen LogP contribution is -2.50. The van der Waals surface area contributed by atoms with Gasteiger partial charge in [-0.05, 0) is 44.4 Å². The molecule has 1 aromatic rings. The van der Waals surface area contributed by atoms with Gasteiger partial charge in [0, 0.05) is 38.0 Å². The van der Waals surface area contributed by atoms with Crippen molar-refractivity contribution in [3.05, 3.63) is 29.3 Å². The Morgan fingerprint density at radius 1 is 1.26 bits per heavy atom. The highest BCUT2D eigenvalue weighted by Crippen LogP contribution is 2.66. The van der Waals surface area contributed by atoms with Gasteiger partial charge in [0.05, 0.1) is 12.0 Å². The van der Waals surface area contributed by atoms with Gasteiger partial charge in [-0.3, -0.25) is 9.59 Å². The number of rotatable bonds is 2. The van der Waals surface area contributed by atoms with Crippen LogP contribution in [0.2, 0.25) is 0 Å². The van der Waals surface area contributed by atoms with Crippen molar-refractivity contribution >= 4 is 11.7 Å². The van der Waals surface area contributed by atoms with Crippen LogP contribution >= 0.6 is 0 Å². The molecule has 2 heterocycles. The van der Waals surface area contributed by atoms with E-state index in [2.05, 4.69) is 11.8 Å². The third-order valence-electron chi connectivity index (χ3n) is 7.30. The van der Waals surface area contributed by atoms with Crippen molar-refractivity contribution < 1.29 is 14.3 Å². The summed E-state index contributed by atoms with van der Waals surface area (Å²) in [7, 11) is 0. The molecule has 0 unspecified atom stereocenters. The smallest absolute Gasteiger partial charge is 0.226 e. The van der Waals surface area contributed by atoms with Crippen LogP contribution in [0.25, 0.3) is 0 Å². The first-order valence-electron chi connectivity index (χ1n) is 10.4. The Balaban J connectivity index is 1.33. The molecule has 4 aliphatic rings.